The van der Waals surface area contributed by atoms with Gasteiger partial charge < -0.3 is 15.7 Å². The maximum absolute atomic E-state index is 8.72. The molecule has 0 saturated heterocycles. The largest absolute Gasteiger partial charge is 0.395 e. The second-order valence-corrected chi connectivity index (χ2v) is 5.42. The van der Waals surface area contributed by atoms with E-state index in [1.54, 1.807) is 0 Å². The van der Waals surface area contributed by atoms with Gasteiger partial charge in [0.1, 0.15) is 0 Å². The summed E-state index contributed by atoms with van der Waals surface area (Å²) in [5.41, 5.74) is 2.65. The van der Waals surface area contributed by atoms with Crippen LogP contribution in [0.25, 0.3) is 0 Å². The van der Waals surface area contributed by atoms with Crippen LogP contribution in [0.4, 0.5) is 0 Å². The van der Waals surface area contributed by atoms with E-state index < -0.39 is 0 Å². The SMILES string of the molecule is Cc1cccc2c1SCC2NC(=S)NCCO. The molecule has 1 aliphatic rings. The fourth-order valence-corrected chi connectivity index (χ4v) is 3.41. The van der Waals surface area contributed by atoms with Crippen LogP contribution in [0.15, 0.2) is 23.1 Å². The number of aryl methyl sites for hydroxylation is 1. The average Bonchev–Trinajstić information content (AvgIpc) is 2.71. The Labute approximate surface area is 111 Å². The lowest BCUT2D eigenvalue weighted by Crippen LogP contribution is -2.39. The molecule has 1 aromatic rings. The number of rotatable bonds is 3. The first kappa shape index (κ1) is 12.7. The summed E-state index contributed by atoms with van der Waals surface area (Å²) in [5, 5.41) is 15.6. The Bertz CT molecular complexity index is 423. The lowest BCUT2D eigenvalue weighted by Gasteiger charge is -2.16. The molecule has 0 aromatic heterocycles. The standard InChI is InChI=1S/C12H16N2OS2/c1-8-3-2-4-9-10(7-17-11(8)9)14-12(16)13-5-6-15/h2-4,10,15H,5-7H2,1H3,(H2,13,14,16). The van der Waals surface area contributed by atoms with Gasteiger partial charge in [-0.05, 0) is 30.3 Å². The summed E-state index contributed by atoms with van der Waals surface area (Å²) in [4.78, 5) is 1.37. The van der Waals surface area contributed by atoms with Crippen molar-refractivity contribution < 1.29 is 5.11 Å². The number of thioether (sulfide) groups is 1. The van der Waals surface area contributed by atoms with Crippen molar-refractivity contribution in [1.82, 2.24) is 10.6 Å². The molecule has 0 bridgehead atoms. The topological polar surface area (TPSA) is 44.3 Å². The Morgan fingerprint density at radius 1 is 1.59 bits per heavy atom. The lowest BCUT2D eigenvalue weighted by molar-refractivity contribution is 0.300. The molecule has 2 rings (SSSR count). The number of aliphatic hydroxyl groups is 1. The third kappa shape index (κ3) is 2.91. The van der Waals surface area contributed by atoms with Gasteiger partial charge in [-0.1, -0.05) is 18.2 Å². The maximum atomic E-state index is 8.72. The molecule has 0 amide bonds. The number of benzene rings is 1. The molecule has 1 unspecified atom stereocenters. The Morgan fingerprint density at radius 2 is 2.41 bits per heavy atom. The van der Waals surface area contributed by atoms with Crippen LogP contribution in [0.1, 0.15) is 17.2 Å². The van der Waals surface area contributed by atoms with Crippen LogP contribution in [0, 0.1) is 6.92 Å². The number of nitrogens with one attached hydrogen (secondary N) is 2. The van der Waals surface area contributed by atoms with Crippen LogP contribution in [-0.2, 0) is 0 Å². The molecule has 1 heterocycles. The number of thiocarbonyl (C=S) groups is 1. The highest BCUT2D eigenvalue weighted by Gasteiger charge is 2.24. The summed E-state index contributed by atoms with van der Waals surface area (Å²) in [6.45, 7) is 2.72. The second-order valence-electron chi connectivity index (χ2n) is 3.98. The minimum absolute atomic E-state index is 0.0942. The Balaban J connectivity index is 2.02. The lowest BCUT2D eigenvalue weighted by atomic mass is 10.1. The Kier molecular flexibility index (Phi) is 4.25. The van der Waals surface area contributed by atoms with Crippen molar-refractivity contribution in [2.45, 2.75) is 17.9 Å². The second kappa shape index (κ2) is 5.71. The summed E-state index contributed by atoms with van der Waals surface area (Å²) in [6, 6.07) is 6.64. The number of aliphatic hydroxyl groups excluding tert-OH is 1. The van der Waals surface area contributed by atoms with E-state index in [9.17, 15) is 0 Å². The van der Waals surface area contributed by atoms with Crippen LogP contribution in [-0.4, -0.2) is 29.1 Å². The summed E-state index contributed by atoms with van der Waals surface area (Å²) >= 11 is 7.04. The molecule has 3 nitrogen and oxygen atoms in total. The molecule has 0 fully saturated rings. The van der Waals surface area contributed by atoms with Gasteiger partial charge in [-0.2, -0.15) is 0 Å². The molecule has 0 saturated carbocycles. The number of hydrogen-bond donors (Lipinski definition) is 3. The van der Waals surface area contributed by atoms with Crippen LogP contribution >= 0.6 is 24.0 Å². The van der Waals surface area contributed by atoms with Gasteiger partial charge in [-0.25, -0.2) is 0 Å². The first-order valence-electron chi connectivity index (χ1n) is 5.60. The van der Waals surface area contributed by atoms with Crippen molar-refractivity contribution in [2.75, 3.05) is 18.9 Å². The third-order valence-corrected chi connectivity index (χ3v) is 4.32. The molecule has 17 heavy (non-hydrogen) atoms. The van der Waals surface area contributed by atoms with E-state index in [0.29, 0.717) is 11.7 Å². The van der Waals surface area contributed by atoms with Crippen LogP contribution in [0.5, 0.6) is 0 Å². The molecule has 5 heteroatoms. The van der Waals surface area contributed by atoms with E-state index >= 15 is 0 Å². The average molecular weight is 268 g/mol. The van der Waals surface area contributed by atoms with Gasteiger partial charge >= 0.3 is 0 Å². The molecule has 92 valence electrons. The van der Waals surface area contributed by atoms with Crippen LogP contribution in [0.3, 0.4) is 0 Å². The maximum Gasteiger partial charge on any atom is 0.166 e. The predicted molar refractivity (Wildman–Crippen MR) is 75.5 cm³/mol. The monoisotopic (exact) mass is 268 g/mol. The summed E-state index contributed by atoms with van der Waals surface area (Å²) < 4.78 is 0. The Hall–Kier alpha value is -0.780. The van der Waals surface area contributed by atoms with Gasteiger partial charge in [0.2, 0.25) is 0 Å². The minimum Gasteiger partial charge on any atom is -0.395 e. The molecule has 0 radical (unpaired) electrons. The van der Waals surface area contributed by atoms with Gasteiger partial charge in [0.25, 0.3) is 0 Å². The van der Waals surface area contributed by atoms with E-state index in [-0.39, 0.29) is 12.6 Å². The zero-order chi connectivity index (χ0) is 12.3. The van der Waals surface area contributed by atoms with Crippen molar-refractivity contribution in [3.63, 3.8) is 0 Å². The fourth-order valence-electron chi connectivity index (χ4n) is 1.90. The smallest absolute Gasteiger partial charge is 0.166 e. The van der Waals surface area contributed by atoms with Gasteiger partial charge in [-0.15, -0.1) is 11.8 Å². The molecule has 1 atom stereocenters. The molecule has 0 spiro atoms. The highest BCUT2D eigenvalue weighted by molar-refractivity contribution is 7.99. The fraction of sp³-hybridized carbons (Fsp3) is 0.417. The highest BCUT2D eigenvalue weighted by atomic mass is 32.2. The van der Waals surface area contributed by atoms with Gasteiger partial charge in [-0.3, -0.25) is 0 Å². The van der Waals surface area contributed by atoms with E-state index in [2.05, 4.69) is 35.8 Å². The van der Waals surface area contributed by atoms with Crippen molar-refractivity contribution in [3.8, 4) is 0 Å². The van der Waals surface area contributed by atoms with E-state index in [4.69, 9.17) is 17.3 Å². The normalized spacial score (nSPS) is 17.6. The molecule has 3 N–H and O–H groups in total. The van der Waals surface area contributed by atoms with Crippen molar-refractivity contribution in [2.24, 2.45) is 0 Å². The number of hydrogen-bond acceptors (Lipinski definition) is 3. The van der Waals surface area contributed by atoms with Gasteiger partial charge in [0.05, 0.1) is 12.6 Å². The van der Waals surface area contributed by atoms with E-state index in [1.807, 2.05) is 11.8 Å². The van der Waals surface area contributed by atoms with E-state index in [0.717, 1.165) is 5.75 Å². The molecular weight excluding hydrogens is 252 g/mol. The molecule has 1 aromatic carbocycles. The minimum atomic E-state index is 0.0942. The number of fused-ring (bicyclic) bond motifs is 1. The zero-order valence-electron chi connectivity index (χ0n) is 9.69. The van der Waals surface area contributed by atoms with Gasteiger partial charge in [0.15, 0.2) is 5.11 Å². The van der Waals surface area contributed by atoms with Crippen LogP contribution < -0.4 is 10.6 Å². The molecule has 1 aliphatic heterocycles. The highest BCUT2D eigenvalue weighted by Crippen LogP contribution is 2.39. The molecule has 0 aliphatic carbocycles. The molecular formula is C12H16N2OS2. The van der Waals surface area contributed by atoms with Gasteiger partial charge in [0, 0.05) is 17.2 Å². The summed E-state index contributed by atoms with van der Waals surface area (Å²) in [6.07, 6.45) is 0. The summed E-state index contributed by atoms with van der Waals surface area (Å²) in [7, 11) is 0. The first-order chi connectivity index (χ1) is 8.22. The van der Waals surface area contributed by atoms with Crippen molar-refractivity contribution in [1.29, 1.82) is 0 Å². The Morgan fingerprint density at radius 3 is 3.18 bits per heavy atom. The summed E-state index contributed by atoms with van der Waals surface area (Å²) in [5.74, 6) is 1.00. The van der Waals surface area contributed by atoms with Crippen LogP contribution in [0.2, 0.25) is 0 Å². The first-order valence-corrected chi connectivity index (χ1v) is 6.99. The van der Waals surface area contributed by atoms with E-state index in [1.165, 1.54) is 16.0 Å². The predicted octanol–water partition coefficient (Wildman–Crippen LogP) is 1.60. The quantitative estimate of drug-likeness (QED) is 0.727. The van der Waals surface area contributed by atoms with Crippen molar-refractivity contribution in [3.05, 3.63) is 29.3 Å². The third-order valence-electron chi connectivity index (χ3n) is 2.71. The zero-order valence-corrected chi connectivity index (χ0v) is 11.3. The van der Waals surface area contributed by atoms with Crippen molar-refractivity contribution >= 4 is 29.1 Å².